The third-order valence-electron chi connectivity index (χ3n) is 0.951. The Kier molecular flexibility index (Phi) is 1.30. The van der Waals surface area contributed by atoms with Gasteiger partial charge in [0.2, 0.25) is 0 Å². The smallest absolute Gasteiger partial charge is 0.182 e. The standard InChI is InChI=1S/C7H6O2/c1-5-2-6(8)4-7(9)3-5/h2-4,8H,1H2. The summed E-state index contributed by atoms with van der Waals surface area (Å²) in [6.45, 7) is 3.48. The van der Waals surface area contributed by atoms with E-state index in [1.807, 2.05) is 0 Å². The average Bonchev–Trinajstić information content (AvgIpc) is 1.59. The van der Waals surface area contributed by atoms with E-state index >= 15 is 0 Å². The zero-order valence-corrected chi connectivity index (χ0v) is 4.79. The predicted octanol–water partition coefficient (Wildman–Crippen LogP) is 1.72. The first-order chi connectivity index (χ1) is 4.18. The van der Waals surface area contributed by atoms with Crippen molar-refractivity contribution < 1.29 is 10.2 Å². The highest BCUT2D eigenvalue weighted by atomic mass is 16.3. The largest absolute Gasteiger partial charge is 0.508 e. The van der Waals surface area contributed by atoms with Gasteiger partial charge in [-0.15, -0.1) is 0 Å². The van der Waals surface area contributed by atoms with Gasteiger partial charge in [0.25, 0.3) is 0 Å². The van der Waals surface area contributed by atoms with E-state index in [4.69, 9.17) is 5.11 Å². The quantitative estimate of drug-likeness (QED) is 0.559. The van der Waals surface area contributed by atoms with Crippen LogP contribution in [0, 0.1) is 6.92 Å². The van der Waals surface area contributed by atoms with Crippen LogP contribution in [0.2, 0.25) is 0 Å². The summed E-state index contributed by atoms with van der Waals surface area (Å²) in [5, 5.41) is 19.3. The molecule has 9 heavy (non-hydrogen) atoms. The Labute approximate surface area is 53.4 Å². The van der Waals surface area contributed by atoms with Crippen LogP contribution >= 0.6 is 0 Å². The number of phenolic OH excluding ortho intramolecular Hbond substituents is 1. The van der Waals surface area contributed by atoms with Crippen molar-refractivity contribution in [2.24, 2.45) is 0 Å². The molecule has 0 unspecified atom stereocenters. The molecule has 0 saturated carbocycles. The molecule has 1 aromatic carbocycles. The second-order valence-electron chi connectivity index (χ2n) is 1.84. The van der Waals surface area contributed by atoms with Gasteiger partial charge in [0.15, 0.2) is 5.75 Å². The van der Waals surface area contributed by atoms with Crippen LogP contribution in [-0.4, -0.2) is 5.11 Å². The molecule has 46 valence electrons. The molecule has 0 aromatic heterocycles. The molecule has 0 fully saturated rings. The fourth-order valence-corrected chi connectivity index (χ4v) is 0.643. The molecule has 1 rings (SSSR count). The van der Waals surface area contributed by atoms with Gasteiger partial charge in [0.1, 0.15) is 5.75 Å². The monoisotopic (exact) mass is 122 g/mol. The lowest BCUT2D eigenvalue weighted by atomic mass is 10.2. The van der Waals surface area contributed by atoms with Crippen LogP contribution in [0.3, 0.4) is 0 Å². The molecule has 0 amide bonds. The summed E-state index contributed by atoms with van der Waals surface area (Å²) >= 11 is 0. The number of hydrogen-bond donors (Lipinski definition) is 1. The maximum atomic E-state index is 10.5. The zero-order valence-electron chi connectivity index (χ0n) is 4.79. The summed E-state index contributed by atoms with van der Waals surface area (Å²) in [7, 11) is 0. The highest BCUT2D eigenvalue weighted by Crippen LogP contribution is 2.19. The number of hydrogen-bond acceptors (Lipinski definition) is 1. The Balaban J connectivity index is 3.17. The molecule has 1 aromatic rings. The topological polar surface area (TPSA) is 40.1 Å². The molecule has 2 heteroatoms. The van der Waals surface area contributed by atoms with E-state index in [0.29, 0.717) is 5.56 Å². The highest BCUT2D eigenvalue weighted by Gasteiger charge is 1.94. The van der Waals surface area contributed by atoms with Gasteiger partial charge in [-0.2, -0.15) is 0 Å². The van der Waals surface area contributed by atoms with E-state index in [1.54, 1.807) is 0 Å². The summed E-state index contributed by atoms with van der Waals surface area (Å²) in [6, 6.07) is 3.94. The van der Waals surface area contributed by atoms with Crippen molar-refractivity contribution in [1.82, 2.24) is 0 Å². The van der Waals surface area contributed by atoms with Gasteiger partial charge in [-0.3, -0.25) is 5.11 Å². The van der Waals surface area contributed by atoms with Crippen molar-refractivity contribution in [3.8, 4) is 11.5 Å². The fraction of sp³-hybridized carbons (Fsp3) is 0. The molecule has 0 aliphatic carbocycles. The summed E-state index contributed by atoms with van der Waals surface area (Å²) in [5.41, 5.74) is 0.542. The molecule has 1 N–H and O–H groups in total. The van der Waals surface area contributed by atoms with E-state index in [-0.39, 0.29) is 11.5 Å². The van der Waals surface area contributed by atoms with Crippen molar-refractivity contribution in [3.63, 3.8) is 0 Å². The molecule has 0 aliphatic heterocycles. The van der Waals surface area contributed by atoms with Crippen molar-refractivity contribution in [2.75, 3.05) is 0 Å². The summed E-state index contributed by atoms with van der Waals surface area (Å²) < 4.78 is 0. The minimum atomic E-state index is -0.208. The maximum absolute atomic E-state index is 10.5. The van der Waals surface area contributed by atoms with Crippen LogP contribution in [0.1, 0.15) is 5.56 Å². The number of aromatic hydroxyl groups is 1. The number of phenols is 1. The minimum Gasteiger partial charge on any atom is -0.508 e. The van der Waals surface area contributed by atoms with Crippen LogP contribution in [0.4, 0.5) is 0 Å². The lowest BCUT2D eigenvalue weighted by molar-refractivity contribution is 0.351. The van der Waals surface area contributed by atoms with E-state index in [0.717, 1.165) is 6.07 Å². The van der Waals surface area contributed by atoms with Gasteiger partial charge in [0.05, 0.1) is 0 Å². The summed E-state index contributed by atoms with van der Waals surface area (Å²) in [6.07, 6.45) is 0. The van der Waals surface area contributed by atoms with E-state index in [2.05, 4.69) is 6.92 Å². The second kappa shape index (κ2) is 1.97. The van der Waals surface area contributed by atoms with Gasteiger partial charge in [-0.1, -0.05) is 0 Å². The lowest BCUT2D eigenvalue weighted by Crippen LogP contribution is -1.69. The number of rotatable bonds is 0. The van der Waals surface area contributed by atoms with Gasteiger partial charge < -0.3 is 5.11 Å². The third kappa shape index (κ3) is 1.35. The van der Waals surface area contributed by atoms with Gasteiger partial charge >= 0.3 is 0 Å². The molecule has 0 aliphatic rings. The fourth-order valence-electron chi connectivity index (χ4n) is 0.643. The molecular formula is C7H6O2. The Morgan fingerprint density at radius 3 is 2.44 bits per heavy atom. The second-order valence-corrected chi connectivity index (χ2v) is 1.84. The Hall–Kier alpha value is -1.18. The van der Waals surface area contributed by atoms with E-state index in [9.17, 15) is 5.11 Å². The van der Waals surface area contributed by atoms with Gasteiger partial charge in [-0.05, 0) is 24.6 Å². The maximum Gasteiger partial charge on any atom is 0.182 e. The SMILES string of the molecule is [CH2]c1cc([O])cc(O)c1. The van der Waals surface area contributed by atoms with Crippen molar-refractivity contribution >= 4 is 0 Å². The van der Waals surface area contributed by atoms with Crippen LogP contribution in [0.25, 0.3) is 0 Å². The average molecular weight is 122 g/mol. The van der Waals surface area contributed by atoms with E-state index in [1.165, 1.54) is 12.1 Å². The molecule has 0 saturated heterocycles. The first kappa shape index (κ1) is 5.95. The third-order valence-corrected chi connectivity index (χ3v) is 0.951. The highest BCUT2D eigenvalue weighted by molar-refractivity contribution is 5.37. The lowest BCUT2D eigenvalue weighted by Gasteiger charge is -1.92. The van der Waals surface area contributed by atoms with Crippen molar-refractivity contribution in [3.05, 3.63) is 30.7 Å². The first-order valence-electron chi connectivity index (χ1n) is 2.51. The van der Waals surface area contributed by atoms with Crippen molar-refractivity contribution in [1.29, 1.82) is 0 Å². The Morgan fingerprint density at radius 2 is 2.00 bits per heavy atom. The molecular weight excluding hydrogens is 116 g/mol. The molecule has 0 bridgehead atoms. The molecule has 0 spiro atoms. The van der Waals surface area contributed by atoms with Gasteiger partial charge in [0, 0.05) is 6.07 Å². The van der Waals surface area contributed by atoms with Gasteiger partial charge in [-0.25, -0.2) is 0 Å². The Morgan fingerprint density at radius 1 is 1.33 bits per heavy atom. The zero-order chi connectivity index (χ0) is 6.85. The van der Waals surface area contributed by atoms with E-state index < -0.39 is 0 Å². The Bertz CT molecular complexity index is 168. The first-order valence-corrected chi connectivity index (χ1v) is 2.51. The summed E-state index contributed by atoms with van der Waals surface area (Å²) in [5.74, 6) is -0.229. The van der Waals surface area contributed by atoms with Crippen LogP contribution in [0.15, 0.2) is 18.2 Å². The number of benzene rings is 1. The predicted molar refractivity (Wildman–Crippen MR) is 32.7 cm³/mol. The molecule has 2 radical (unpaired) electrons. The van der Waals surface area contributed by atoms with Crippen LogP contribution < -0.4 is 0 Å². The molecule has 0 heterocycles. The normalized spacial score (nSPS) is 9.44. The van der Waals surface area contributed by atoms with Crippen LogP contribution in [0.5, 0.6) is 11.5 Å². The minimum absolute atomic E-state index is 0.0208. The van der Waals surface area contributed by atoms with Crippen LogP contribution in [-0.2, 0) is 5.11 Å². The molecule has 0 atom stereocenters. The molecule has 2 nitrogen and oxygen atoms in total. The summed E-state index contributed by atoms with van der Waals surface area (Å²) in [4.78, 5) is 0. The van der Waals surface area contributed by atoms with Crippen molar-refractivity contribution in [2.45, 2.75) is 0 Å².